The molecule has 1 saturated carbocycles. The second kappa shape index (κ2) is 12.9. The van der Waals surface area contributed by atoms with Gasteiger partial charge in [0.25, 0.3) is 0 Å². The van der Waals surface area contributed by atoms with E-state index in [9.17, 15) is 9.59 Å². The number of carbonyl (C=O) groups excluding carboxylic acids is 2. The molecule has 1 aliphatic carbocycles. The average molecular weight is 558 g/mol. The molecule has 2 aliphatic rings. The number of guanidine groups is 1. The van der Waals surface area contributed by atoms with E-state index < -0.39 is 5.97 Å². The fourth-order valence-electron chi connectivity index (χ4n) is 4.31. The first kappa shape index (κ1) is 26.2. The molecule has 1 aromatic carbocycles. The van der Waals surface area contributed by atoms with Gasteiger partial charge in [-0.15, -0.1) is 24.0 Å². The minimum Gasteiger partial charge on any atom is -0.496 e. The second-order valence-corrected chi connectivity index (χ2v) is 8.12. The van der Waals surface area contributed by atoms with Crippen molar-refractivity contribution in [1.82, 2.24) is 15.5 Å². The first-order chi connectivity index (χ1) is 15.0. The number of hydrogen-bond acceptors (Lipinski definition) is 5. The van der Waals surface area contributed by atoms with Crippen molar-refractivity contribution in [3.8, 4) is 5.75 Å². The van der Waals surface area contributed by atoms with E-state index in [1.54, 1.807) is 12.1 Å². The second-order valence-electron chi connectivity index (χ2n) is 8.12. The molecule has 32 heavy (non-hydrogen) atoms. The lowest BCUT2D eigenvalue weighted by Crippen LogP contribution is -2.45. The SMILES string of the molecule is CCNC(=NCc1ccc(C(=O)OC)c(OC)c1)NC1CCN(C(=O)C2CCCC2)C1.I. The molecule has 1 unspecified atom stereocenters. The van der Waals surface area contributed by atoms with E-state index in [-0.39, 0.29) is 35.9 Å². The first-order valence-electron chi connectivity index (χ1n) is 11.1. The van der Waals surface area contributed by atoms with Crippen LogP contribution in [-0.4, -0.2) is 62.6 Å². The molecule has 2 fully saturated rings. The van der Waals surface area contributed by atoms with Crippen LogP contribution in [0.3, 0.4) is 0 Å². The lowest BCUT2D eigenvalue weighted by atomic mass is 10.1. The topological polar surface area (TPSA) is 92.3 Å². The number of halogens is 1. The zero-order chi connectivity index (χ0) is 22.2. The maximum Gasteiger partial charge on any atom is 0.341 e. The molecule has 1 atom stereocenters. The van der Waals surface area contributed by atoms with Crippen molar-refractivity contribution in [1.29, 1.82) is 0 Å². The summed E-state index contributed by atoms with van der Waals surface area (Å²) in [6.07, 6.45) is 5.35. The Labute approximate surface area is 207 Å². The van der Waals surface area contributed by atoms with Crippen LogP contribution >= 0.6 is 24.0 Å². The normalized spacial score (nSPS) is 18.8. The summed E-state index contributed by atoms with van der Waals surface area (Å²) in [6, 6.07) is 5.54. The molecule has 1 aliphatic heterocycles. The van der Waals surface area contributed by atoms with Gasteiger partial charge in [0, 0.05) is 31.6 Å². The van der Waals surface area contributed by atoms with Crippen molar-refractivity contribution in [3.63, 3.8) is 0 Å². The number of aliphatic imine (C=N–C) groups is 1. The number of nitrogens with one attached hydrogen (secondary N) is 2. The lowest BCUT2D eigenvalue weighted by molar-refractivity contribution is -0.134. The number of benzene rings is 1. The summed E-state index contributed by atoms with van der Waals surface area (Å²) in [5.74, 6) is 1.30. The summed E-state index contributed by atoms with van der Waals surface area (Å²) in [7, 11) is 2.87. The van der Waals surface area contributed by atoms with Crippen LogP contribution in [0, 0.1) is 5.92 Å². The Kier molecular flexibility index (Phi) is 10.5. The van der Waals surface area contributed by atoms with Crippen LogP contribution < -0.4 is 15.4 Å². The molecule has 1 amide bonds. The third-order valence-electron chi connectivity index (χ3n) is 5.98. The van der Waals surface area contributed by atoms with Gasteiger partial charge in [-0.3, -0.25) is 4.79 Å². The number of likely N-dealkylation sites (tertiary alicyclic amines) is 1. The number of rotatable bonds is 7. The zero-order valence-corrected chi connectivity index (χ0v) is 21.5. The van der Waals surface area contributed by atoms with Crippen molar-refractivity contribution in [2.24, 2.45) is 10.9 Å². The van der Waals surface area contributed by atoms with Crippen molar-refractivity contribution < 1.29 is 19.1 Å². The van der Waals surface area contributed by atoms with Gasteiger partial charge in [0.15, 0.2) is 5.96 Å². The quantitative estimate of drug-likeness (QED) is 0.232. The number of methoxy groups -OCH3 is 2. The third-order valence-corrected chi connectivity index (χ3v) is 5.98. The molecule has 178 valence electrons. The largest absolute Gasteiger partial charge is 0.496 e. The highest BCUT2D eigenvalue weighted by Crippen LogP contribution is 2.28. The van der Waals surface area contributed by atoms with Gasteiger partial charge in [0.1, 0.15) is 11.3 Å². The Morgan fingerprint density at radius 3 is 2.59 bits per heavy atom. The van der Waals surface area contributed by atoms with Crippen LogP contribution in [0.15, 0.2) is 23.2 Å². The van der Waals surface area contributed by atoms with E-state index in [1.165, 1.54) is 27.1 Å². The van der Waals surface area contributed by atoms with Crippen LogP contribution in [0.25, 0.3) is 0 Å². The molecular weight excluding hydrogens is 523 g/mol. The molecular formula is C23H35IN4O4. The monoisotopic (exact) mass is 558 g/mol. The first-order valence-corrected chi connectivity index (χ1v) is 11.1. The van der Waals surface area contributed by atoms with E-state index in [0.717, 1.165) is 50.4 Å². The minimum atomic E-state index is -0.431. The highest BCUT2D eigenvalue weighted by Gasteiger charge is 2.32. The molecule has 0 spiro atoms. The smallest absolute Gasteiger partial charge is 0.341 e. The maximum atomic E-state index is 12.7. The van der Waals surface area contributed by atoms with Gasteiger partial charge < -0.3 is 25.0 Å². The number of amides is 1. The van der Waals surface area contributed by atoms with E-state index >= 15 is 0 Å². The zero-order valence-electron chi connectivity index (χ0n) is 19.2. The van der Waals surface area contributed by atoms with E-state index in [4.69, 9.17) is 9.47 Å². The number of ether oxygens (including phenoxy) is 2. The van der Waals surface area contributed by atoms with Gasteiger partial charge >= 0.3 is 5.97 Å². The number of esters is 1. The Hall–Kier alpha value is -2.04. The summed E-state index contributed by atoms with van der Waals surface area (Å²) in [5.41, 5.74) is 1.31. The van der Waals surface area contributed by atoms with Crippen LogP contribution in [0.1, 0.15) is 54.9 Å². The fourth-order valence-corrected chi connectivity index (χ4v) is 4.31. The minimum absolute atomic E-state index is 0. The average Bonchev–Trinajstić information content (AvgIpc) is 3.49. The Morgan fingerprint density at radius 1 is 1.19 bits per heavy atom. The standard InChI is InChI=1S/C23H34N4O4.HI/c1-4-24-23(25-14-16-9-10-19(22(29)31-3)20(13-16)30-2)26-18-11-12-27(15-18)21(28)17-7-5-6-8-17;/h9-10,13,17-18H,4-8,11-12,14-15H2,1-3H3,(H2,24,25,26);1H. The molecule has 0 aromatic heterocycles. The van der Waals surface area contributed by atoms with E-state index in [1.807, 2.05) is 17.9 Å². The molecule has 9 heteroatoms. The molecule has 0 radical (unpaired) electrons. The summed E-state index contributed by atoms with van der Waals surface area (Å²) in [4.78, 5) is 31.2. The van der Waals surface area contributed by atoms with Crippen LogP contribution in [0.2, 0.25) is 0 Å². The van der Waals surface area contributed by atoms with Gasteiger partial charge in [-0.25, -0.2) is 9.79 Å². The predicted molar refractivity (Wildman–Crippen MR) is 135 cm³/mol. The summed E-state index contributed by atoms with van der Waals surface area (Å²) in [6.45, 7) is 4.73. The molecule has 8 nitrogen and oxygen atoms in total. The third kappa shape index (κ3) is 6.73. The number of carbonyl (C=O) groups is 2. The number of hydrogen-bond donors (Lipinski definition) is 2. The van der Waals surface area contributed by atoms with Crippen LogP contribution in [0.4, 0.5) is 0 Å². The molecule has 1 heterocycles. The molecule has 0 bridgehead atoms. The van der Waals surface area contributed by atoms with Gasteiger partial charge in [-0.1, -0.05) is 18.9 Å². The van der Waals surface area contributed by atoms with E-state index in [2.05, 4.69) is 15.6 Å². The number of nitrogens with zero attached hydrogens (tertiary/aromatic N) is 2. The van der Waals surface area contributed by atoms with Gasteiger partial charge in [0.05, 0.1) is 20.8 Å². The highest BCUT2D eigenvalue weighted by atomic mass is 127. The molecule has 1 saturated heterocycles. The van der Waals surface area contributed by atoms with Crippen molar-refractivity contribution in [2.45, 2.75) is 51.6 Å². The summed E-state index contributed by atoms with van der Waals surface area (Å²) >= 11 is 0. The maximum absolute atomic E-state index is 12.7. The lowest BCUT2D eigenvalue weighted by Gasteiger charge is -2.21. The van der Waals surface area contributed by atoms with Gasteiger partial charge in [-0.2, -0.15) is 0 Å². The molecule has 1 aromatic rings. The fraction of sp³-hybridized carbons (Fsp3) is 0.609. The predicted octanol–water partition coefficient (Wildman–Crippen LogP) is 2.95. The van der Waals surface area contributed by atoms with Crippen molar-refractivity contribution in [2.75, 3.05) is 33.9 Å². The highest BCUT2D eigenvalue weighted by molar-refractivity contribution is 14.0. The molecule has 3 rings (SSSR count). The van der Waals surface area contributed by atoms with Crippen LogP contribution in [-0.2, 0) is 16.1 Å². The van der Waals surface area contributed by atoms with Crippen molar-refractivity contribution in [3.05, 3.63) is 29.3 Å². The Morgan fingerprint density at radius 2 is 1.94 bits per heavy atom. The Bertz CT molecular complexity index is 811. The summed E-state index contributed by atoms with van der Waals surface area (Å²) in [5, 5.41) is 6.75. The molecule has 2 N–H and O–H groups in total. The van der Waals surface area contributed by atoms with Crippen molar-refractivity contribution >= 4 is 41.8 Å². The van der Waals surface area contributed by atoms with Gasteiger partial charge in [-0.05, 0) is 43.9 Å². The van der Waals surface area contributed by atoms with Gasteiger partial charge in [0.2, 0.25) is 5.91 Å². The van der Waals surface area contributed by atoms with E-state index in [0.29, 0.717) is 23.8 Å². The van der Waals surface area contributed by atoms with Crippen LogP contribution in [0.5, 0.6) is 5.75 Å². The Balaban J connectivity index is 0.00000363. The summed E-state index contributed by atoms with van der Waals surface area (Å²) < 4.78 is 10.1.